The molecule has 1 aromatic carbocycles. The highest BCUT2D eigenvalue weighted by Crippen LogP contribution is 2.27. The summed E-state index contributed by atoms with van der Waals surface area (Å²) in [6, 6.07) is 2.86. The largest absolute Gasteiger partial charge is 0.338 e. The van der Waals surface area contributed by atoms with Crippen LogP contribution in [0.15, 0.2) is 17.0 Å². The Morgan fingerprint density at radius 2 is 2.10 bits per heavy atom. The third-order valence-electron chi connectivity index (χ3n) is 3.49. The van der Waals surface area contributed by atoms with Gasteiger partial charge in [0.2, 0.25) is 10.0 Å². The van der Waals surface area contributed by atoms with E-state index < -0.39 is 10.0 Å². The lowest BCUT2D eigenvalue weighted by molar-refractivity contribution is 0.0788. The van der Waals surface area contributed by atoms with Gasteiger partial charge in [-0.2, -0.15) is 0 Å². The Morgan fingerprint density at radius 3 is 2.60 bits per heavy atom. The van der Waals surface area contributed by atoms with Crippen molar-refractivity contribution in [1.82, 2.24) is 4.90 Å². The summed E-state index contributed by atoms with van der Waals surface area (Å²) < 4.78 is 23.0. The Hall–Kier alpha value is -1.11. The predicted molar refractivity (Wildman–Crippen MR) is 77.2 cm³/mol. The Balaban J connectivity index is 2.43. The van der Waals surface area contributed by atoms with Crippen molar-refractivity contribution < 1.29 is 13.2 Å². The minimum absolute atomic E-state index is 0.0684. The zero-order valence-corrected chi connectivity index (χ0v) is 13.0. The maximum atomic E-state index is 12.4. The van der Waals surface area contributed by atoms with Gasteiger partial charge in [-0.1, -0.05) is 18.5 Å². The second-order valence-electron chi connectivity index (χ2n) is 5.30. The van der Waals surface area contributed by atoms with Crippen molar-refractivity contribution in [2.75, 3.05) is 13.1 Å². The third kappa shape index (κ3) is 2.97. The average molecular weight is 317 g/mol. The first kappa shape index (κ1) is 15.3. The number of rotatable bonds is 2. The fraction of sp³-hybridized carbons (Fsp3) is 0.462. The quantitative estimate of drug-likeness (QED) is 0.903. The molecule has 1 aromatic rings. The number of carbonyl (C=O) groups excluding carboxylic acids is 1. The fourth-order valence-electron chi connectivity index (χ4n) is 2.37. The van der Waals surface area contributed by atoms with Gasteiger partial charge in [0.1, 0.15) is 4.90 Å². The monoisotopic (exact) mass is 316 g/mol. The lowest BCUT2D eigenvalue weighted by atomic mass is 10.1. The van der Waals surface area contributed by atoms with Crippen LogP contribution in [0.4, 0.5) is 0 Å². The summed E-state index contributed by atoms with van der Waals surface area (Å²) in [4.78, 5) is 13.9. The Bertz CT molecular complexity index is 658. The molecule has 1 aliphatic rings. The summed E-state index contributed by atoms with van der Waals surface area (Å²) in [5.41, 5.74) is 0.832. The molecule has 0 aromatic heterocycles. The minimum Gasteiger partial charge on any atom is -0.338 e. The highest BCUT2D eigenvalue weighted by molar-refractivity contribution is 7.89. The van der Waals surface area contributed by atoms with Crippen molar-refractivity contribution in [2.45, 2.75) is 25.2 Å². The molecule has 7 heteroatoms. The fourth-order valence-corrected chi connectivity index (χ4v) is 3.50. The van der Waals surface area contributed by atoms with Gasteiger partial charge in [0.05, 0.1) is 5.02 Å². The van der Waals surface area contributed by atoms with E-state index in [1.165, 1.54) is 6.07 Å². The van der Waals surface area contributed by atoms with Gasteiger partial charge in [-0.15, -0.1) is 0 Å². The molecule has 1 heterocycles. The molecule has 1 amide bonds. The zero-order valence-electron chi connectivity index (χ0n) is 11.4. The topological polar surface area (TPSA) is 80.5 Å². The van der Waals surface area contributed by atoms with Crippen LogP contribution in [0.5, 0.6) is 0 Å². The van der Waals surface area contributed by atoms with Crippen LogP contribution in [-0.4, -0.2) is 32.3 Å². The van der Waals surface area contributed by atoms with E-state index in [1.54, 1.807) is 17.9 Å². The van der Waals surface area contributed by atoms with Gasteiger partial charge >= 0.3 is 0 Å². The molecule has 1 fully saturated rings. The highest BCUT2D eigenvalue weighted by Gasteiger charge is 2.26. The number of likely N-dealkylation sites (tertiary alicyclic amines) is 1. The van der Waals surface area contributed by atoms with Gasteiger partial charge < -0.3 is 4.90 Å². The maximum absolute atomic E-state index is 12.4. The average Bonchev–Trinajstić information content (AvgIpc) is 2.76. The van der Waals surface area contributed by atoms with Crippen molar-refractivity contribution in [2.24, 2.45) is 11.1 Å². The van der Waals surface area contributed by atoms with E-state index in [2.05, 4.69) is 6.92 Å². The van der Waals surface area contributed by atoms with Crippen LogP contribution in [0.2, 0.25) is 5.02 Å². The zero-order chi connectivity index (χ0) is 15.1. The Kier molecular flexibility index (Phi) is 4.09. The molecule has 1 unspecified atom stereocenters. The van der Waals surface area contributed by atoms with E-state index in [0.29, 0.717) is 30.1 Å². The van der Waals surface area contributed by atoms with E-state index in [4.69, 9.17) is 16.7 Å². The second-order valence-corrected chi connectivity index (χ2v) is 7.20. The summed E-state index contributed by atoms with van der Waals surface area (Å²) in [6.45, 7) is 5.11. The number of primary sulfonamides is 1. The molecule has 1 saturated heterocycles. The molecule has 0 bridgehead atoms. The number of sulfonamides is 1. The van der Waals surface area contributed by atoms with Gasteiger partial charge in [-0.05, 0) is 37.0 Å². The summed E-state index contributed by atoms with van der Waals surface area (Å²) in [7, 11) is -3.95. The lowest BCUT2D eigenvalue weighted by Gasteiger charge is -2.17. The molecule has 110 valence electrons. The van der Waals surface area contributed by atoms with Gasteiger partial charge in [0, 0.05) is 18.7 Å². The van der Waals surface area contributed by atoms with Gasteiger partial charge in [0.15, 0.2) is 0 Å². The molecule has 20 heavy (non-hydrogen) atoms. The number of hydrogen-bond acceptors (Lipinski definition) is 3. The van der Waals surface area contributed by atoms with Gasteiger partial charge in [-0.3, -0.25) is 4.79 Å². The van der Waals surface area contributed by atoms with Crippen LogP contribution >= 0.6 is 11.6 Å². The number of carbonyl (C=O) groups is 1. The van der Waals surface area contributed by atoms with Crippen molar-refractivity contribution in [1.29, 1.82) is 0 Å². The van der Waals surface area contributed by atoms with Crippen LogP contribution in [-0.2, 0) is 10.0 Å². The van der Waals surface area contributed by atoms with E-state index in [-0.39, 0.29) is 15.8 Å². The molecule has 2 rings (SSSR count). The van der Waals surface area contributed by atoms with Gasteiger partial charge in [-0.25, -0.2) is 13.6 Å². The summed E-state index contributed by atoms with van der Waals surface area (Å²) in [6.07, 6.45) is 0.959. The van der Waals surface area contributed by atoms with Crippen LogP contribution in [0.25, 0.3) is 0 Å². The SMILES string of the molecule is Cc1cc(C(=O)N2CCC(C)C2)cc(S(N)(=O)=O)c1Cl. The maximum Gasteiger partial charge on any atom is 0.253 e. The number of hydrogen-bond donors (Lipinski definition) is 1. The van der Waals surface area contributed by atoms with Gasteiger partial charge in [0.25, 0.3) is 5.91 Å². The summed E-state index contributed by atoms with van der Waals surface area (Å²) in [5.74, 6) is 0.282. The minimum atomic E-state index is -3.95. The van der Waals surface area contributed by atoms with Crippen LogP contribution in [0.3, 0.4) is 0 Å². The molecule has 0 saturated carbocycles. The van der Waals surface area contributed by atoms with Crippen LogP contribution < -0.4 is 5.14 Å². The van der Waals surface area contributed by atoms with E-state index >= 15 is 0 Å². The number of aryl methyl sites for hydroxylation is 1. The number of halogens is 1. The third-order valence-corrected chi connectivity index (χ3v) is 5.03. The van der Waals surface area contributed by atoms with Crippen molar-refractivity contribution in [3.8, 4) is 0 Å². The number of nitrogens with zero attached hydrogens (tertiary/aromatic N) is 1. The Morgan fingerprint density at radius 1 is 1.45 bits per heavy atom. The molecule has 0 spiro atoms. The molecule has 2 N–H and O–H groups in total. The molecule has 1 atom stereocenters. The standard InChI is InChI=1S/C13H17ClN2O3S/c1-8-3-4-16(7-8)13(17)10-5-9(2)12(14)11(6-10)20(15,18)19/h5-6,8H,3-4,7H2,1-2H3,(H2,15,18,19). The molecule has 5 nitrogen and oxygen atoms in total. The van der Waals surface area contributed by atoms with Crippen molar-refractivity contribution in [3.63, 3.8) is 0 Å². The summed E-state index contributed by atoms with van der Waals surface area (Å²) in [5, 5.41) is 5.20. The van der Waals surface area contributed by atoms with E-state index in [1.807, 2.05) is 0 Å². The molecular weight excluding hydrogens is 300 g/mol. The number of amides is 1. The van der Waals surface area contributed by atoms with Crippen molar-refractivity contribution >= 4 is 27.5 Å². The molecule has 1 aliphatic heterocycles. The first-order chi connectivity index (χ1) is 9.20. The van der Waals surface area contributed by atoms with Crippen LogP contribution in [0, 0.1) is 12.8 Å². The second kappa shape index (κ2) is 5.35. The molecule has 0 radical (unpaired) electrons. The first-order valence-electron chi connectivity index (χ1n) is 6.32. The normalized spacial score (nSPS) is 19.4. The number of nitrogens with two attached hydrogens (primary N) is 1. The van der Waals surface area contributed by atoms with E-state index in [9.17, 15) is 13.2 Å². The van der Waals surface area contributed by atoms with Crippen LogP contribution in [0.1, 0.15) is 29.3 Å². The predicted octanol–water partition coefficient (Wildman–Crippen LogP) is 1.78. The molecule has 0 aliphatic carbocycles. The molecular formula is C13H17ClN2O3S. The Labute approximate surface area is 123 Å². The highest BCUT2D eigenvalue weighted by atomic mass is 35.5. The smallest absolute Gasteiger partial charge is 0.253 e. The van der Waals surface area contributed by atoms with Crippen molar-refractivity contribution in [3.05, 3.63) is 28.3 Å². The lowest BCUT2D eigenvalue weighted by Crippen LogP contribution is -2.29. The summed E-state index contributed by atoms with van der Waals surface area (Å²) >= 11 is 5.95. The first-order valence-corrected chi connectivity index (χ1v) is 8.25. The van der Waals surface area contributed by atoms with E-state index in [0.717, 1.165) is 6.42 Å². The number of benzene rings is 1.